The summed E-state index contributed by atoms with van der Waals surface area (Å²) in [5, 5.41) is 0. The first-order chi connectivity index (χ1) is 20.6. The van der Waals surface area contributed by atoms with Crippen LogP contribution in [0.15, 0.2) is 151 Å². The van der Waals surface area contributed by atoms with Gasteiger partial charge in [0.1, 0.15) is 0 Å². The maximum Gasteiger partial charge on any atom is 0.0507 e. The second kappa shape index (κ2) is 9.60. The van der Waals surface area contributed by atoms with Crippen molar-refractivity contribution in [1.82, 2.24) is 0 Å². The summed E-state index contributed by atoms with van der Waals surface area (Å²) in [6.07, 6.45) is 5.45. The van der Waals surface area contributed by atoms with E-state index in [1.54, 1.807) is 0 Å². The van der Waals surface area contributed by atoms with Crippen LogP contribution < -0.4 is 4.90 Å². The molecule has 0 saturated heterocycles. The second-order valence-electron chi connectivity index (χ2n) is 11.8. The molecule has 1 spiro atoms. The summed E-state index contributed by atoms with van der Waals surface area (Å²) in [6.45, 7) is 6.91. The van der Waals surface area contributed by atoms with Crippen LogP contribution in [-0.4, -0.2) is 0 Å². The number of fused-ring (bicyclic) bond motifs is 7. The van der Waals surface area contributed by atoms with E-state index in [1.807, 2.05) is 0 Å². The van der Waals surface area contributed by atoms with E-state index in [1.165, 1.54) is 67.2 Å². The highest BCUT2D eigenvalue weighted by atomic mass is 15.1. The van der Waals surface area contributed by atoms with Gasteiger partial charge >= 0.3 is 0 Å². The molecule has 0 fully saturated rings. The minimum absolute atomic E-state index is 0.298. The van der Waals surface area contributed by atoms with E-state index >= 15 is 0 Å². The molecule has 0 bridgehead atoms. The van der Waals surface area contributed by atoms with Crippen LogP contribution in [0.4, 0.5) is 11.4 Å². The average molecular weight is 540 g/mol. The molecule has 8 rings (SSSR count). The summed E-state index contributed by atoms with van der Waals surface area (Å²) in [4.78, 5) is 2.46. The Hall–Kier alpha value is -4.88. The number of hydrogen-bond acceptors (Lipinski definition) is 1. The molecule has 1 unspecified atom stereocenters. The number of aryl methyl sites for hydroxylation is 1. The molecular weight excluding hydrogens is 506 g/mol. The molecule has 5 aromatic rings. The van der Waals surface area contributed by atoms with Gasteiger partial charge in [-0.05, 0) is 107 Å². The lowest BCUT2D eigenvalue weighted by molar-refractivity contribution is 0.621. The maximum absolute atomic E-state index is 4.68. The molecule has 1 heteroatoms. The number of anilines is 2. The van der Waals surface area contributed by atoms with Crippen LogP contribution in [0.25, 0.3) is 11.1 Å². The van der Waals surface area contributed by atoms with Crippen molar-refractivity contribution in [1.29, 1.82) is 0 Å². The second-order valence-corrected chi connectivity index (χ2v) is 11.8. The van der Waals surface area contributed by atoms with Gasteiger partial charge in [0.15, 0.2) is 0 Å². The minimum atomic E-state index is -0.298. The van der Waals surface area contributed by atoms with Gasteiger partial charge in [-0.15, -0.1) is 0 Å². The van der Waals surface area contributed by atoms with Gasteiger partial charge in [-0.2, -0.15) is 0 Å². The van der Waals surface area contributed by atoms with E-state index in [-0.39, 0.29) is 5.41 Å². The van der Waals surface area contributed by atoms with E-state index in [4.69, 9.17) is 0 Å². The quantitative estimate of drug-likeness (QED) is 0.220. The summed E-state index contributed by atoms with van der Waals surface area (Å²) in [7, 11) is 0. The van der Waals surface area contributed by atoms with Crippen molar-refractivity contribution >= 4 is 22.5 Å². The first-order valence-electron chi connectivity index (χ1n) is 15.0. The Balaban J connectivity index is 1.43. The molecule has 1 atom stereocenters. The first kappa shape index (κ1) is 24.9. The lowest BCUT2D eigenvalue weighted by Crippen LogP contribution is -2.32. The fourth-order valence-electron chi connectivity index (χ4n) is 7.70. The summed E-state index contributed by atoms with van der Waals surface area (Å²) in [5.74, 6) is 0. The van der Waals surface area contributed by atoms with Crippen LogP contribution in [-0.2, 0) is 11.8 Å². The summed E-state index contributed by atoms with van der Waals surface area (Å²) in [6, 6.07) is 46.7. The number of rotatable bonds is 3. The highest BCUT2D eigenvalue weighted by Crippen LogP contribution is 2.59. The number of hydrogen-bond donors (Lipinski definition) is 0. The summed E-state index contributed by atoms with van der Waals surface area (Å²) in [5.41, 5.74) is 16.9. The lowest BCUT2D eigenvalue weighted by atomic mass is 9.66. The van der Waals surface area contributed by atoms with Crippen LogP contribution >= 0.6 is 0 Å². The monoisotopic (exact) mass is 539 g/mol. The highest BCUT2D eigenvalue weighted by molar-refractivity contribution is 5.92. The number of benzene rings is 5. The van der Waals surface area contributed by atoms with Crippen molar-refractivity contribution in [3.8, 4) is 0 Å². The molecule has 0 amide bonds. The molecule has 0 aliphatic heterocycles. The van der Waals surface area contributed by atoms with Gasteiger partial charge in [-0.1, -0.05) is 115 Å². The zero-order chi connectivity index (χ0) is 28.3. The molecule has 0 N–H and O–H groups in total. The van der Waals surface area contributed by atoms with Gasteiger partial charge < -0.3 is 4.90 Å². The number of para-hydroxylation sites is 2. The fraction of sp³-hybridized carbons (Fsp3) is 0.122. The van der Waals surface area contributed by atoms with Gasteiger partial charge in [0, 0.05) is 17.1 Å². The van der Waals surface area contributed by atoms with Gasteiger partial charge in [0.25, 0.3) is 0 Å². The Kier molecular flexibility index (Phi) is 5.69. The van der Waals surface area contributed by atoms with E-state index < -0.39 is 0 Å². The van der Waals surface area contributed by atoms with Crippen LogP contribution in [0.2, 0.25) is 0 Å². The Morgan fingerprint density at radius 1 is 0.619 bits per heavy atom. The largest absolute Gasteiger partial charge is 0.314 e. The lowest BCUT2D eigenvalue weighted by Gasteiger charge is -2.37. The Morgan fingerprint density at radius 2 is 1.26 bits per heavy atom. The molecule has 202 valence electrons. The molecule has 3 aliphatic carbocycles. The topological polar surface area (TPSA) is 3.24 Å². The standard InChI is InChI=1S/C41H33N/c1-28-21-23-35-29(2)34-18-10-9-13-30(34)27-41(39(35)25-28)38-20-12-11-19-36(38)37-24-22-33(26-40(37)41)42(31-14-5-3-6-15-31)32-16-7-4-8-17-32/h3-21,23,25-26H,2,22,24,27H2,1H3. The van der Waals surface area contributed by atoms with E-state index in [2.05, 4.69) is 152 Å². The highest BCUT2D eigenvalue weighted by Gasteiger charge is 2.49. The third kappa shape index (κ3) is 3.63. The van der Waals surface area contributed by atoms with E-state index in [9.17, 15) is 0 Å². The predicted molar refractivity (Wildman–Crippen MR) is 176 cm³/mol. The van der Waals surface area contributed by atoms with Crippen molar-refractivity contribution in [2.24, 2.45) is 0 Å². The zero-order valence-corrected chi connectivity index (χ0v) is 24.0. The van der Waals surface area contributed by atoms with Gasteiger partial charge in [-0.25, -0.2) is 0 Å². The van der Waals surface area contributed by atoms with Crippen molar-refractivity contribution in [3.63, 3.8) is 0 Å². The fourth-order valence-corrected chi connectivity index (χ4v) is 7.70. The third-order valence-corrected chi connectivity index (χ3v) is 9.51. The molecule has 0 radical (unpaired) electrons. The first-order valence-corrected chi connectivity index (χ1v) is 15.0. The van der Waals surface area contributed by atoms with E-state index in [0.29, 0.717) is 0 Å². The molecule has 1 nitrogen and oxygen atoms in total. The number of nitrogens with zero attached hydrogens (tertiary/aromatic N) is 1. The SMILES string of the molecule is C=C1c2ccccc2CC2(C3=C(CCC(N(c4ccccc4)c4ccccc4)=C3)c3ccccc32)c2cc(C)ccc21. The maximum atomic E-state index is 4.68. The summed E-state index contributed by atoms with van der Waals surface area (Å²) >= 11 is 0. The minimum Gasteiger partial charge on any atom is -0.314 e. The number of allylic oxidation sites excluding steroid dienone is 4. The van der Waals surface area contributed by atoms with Crippen molar-refractivity contribution in [3.05, 3.63) is 190 Å². The van der Waals surface area contributed by atoms with Crippen LogP contribution in [0.5, 0.6) is 0 Å². The molecular formula is C41H33N. The summed E-state index contributed by atoms with van der Waals surface area (Å²) < 4.78 is 0. The molecule has 5 aromatic carbocycles. The van der Waals surface area contributed by atoms with Crippen LogP contribution in [0.3, 0.4) is 0 Å². The normalized spacial score (nSPS) is 18.5. The Labute approximate surface area is 248 Å². The van der Waals surface area contributed by atoms with Gasteiger partial charge in [-0.3, -0.25) is 0 Å². The van der Waals surface area contributed by atoms with Crippen molar-refractivity contribution in [2.45, 2.75) is 31.6 Å². The predicted octanol–water partition coefficient (Wildman–Crippen LogP) is 10.2. The van der Waals surface area contributed by atoms with Gasteiger partial charge in [0.05, 0.1) is 5.41 Å². The van der Waals surface area contributed by atoms with E-state index in [0.717, 1.165) is 24.8 Å². The third-order valence-electron chi connectivity index (χ3n) is 9.51. The molecule has 0 heterocycles. The Morgan fingerprint density at radius 3 is 2.00 bits per heavy atom. The van der Waals surface area contributed by atoms with Crippen molar-refractivity contribution < 1.29 is 0 Å². The van der Waals surface area contributed by atoms with Crippen LogP contribution in [0, 0.1) is 6.92 Å². The van der Waals surface area contributed by atoms with Crippen molar-refractivity contribution in [2.75, 3.05) is 4.90 Å². The van der Waals surface area contributed by atoms with Crippen LogP contribution in [0.1, 0.15) is 51.8 Å². The molecule has 0 aromatic heterocycles. The Bertz CT molecular complexity index is 1890. The smallest absolute Gasteiger partial charge is 0.0507 e. The molecule has 3 aliphatic rings. The zero-order valence-electron chi connectivity index (χ0n) is 24.0. The molecule has 0 saturated carbocycles. The molecule has 42 heavy (non-hydrogen) atoms. The average Bonchev–Trinajstić information content (AvgIpc) is 3.25. The van der Waals surface area contributed by atoms with Gasteiger partial charge in [0.2, 0.25) is 0 Å².